The summed E-state index contributed by atoms with van der Waals surface area (Å²) in [4.78, 5) is 14.6. The molecule has 0 radical (unpaired) electrons. The zero-order chi connectivity index (χ0) is 16.8. The molecule has 23 heavy (non-hydrogen) atoms. The Labute approximate surface area is 139 Å². The van der Waals surface area contributed by atoms with Gasteiger partial charge in [0.1, 0.15) is 0 Å². The van der Waals surface area contributed by atoms with Gasteiger partial charge in [-0.25, -0.2) is 0 Å². The van der Waals surface area contributed by atoms with Gasteiger partial charge in [-0.05, 0) is 35.1 Å². The summed E-state index contributed by atoms with van der Waals surface area (Å²) in [6.07, 6.45) is 0. The van der Waals surface area contributed by atoms with Gasteiger partial charge in [0.05, 0.1) is 0 Å². The maximum atomic E-state index is 12.7. The molecule has 0 saturated heterocycles. The summed E-state index contributed by atoms with van der Waals surface area (Å²) in [5.74, 6) is 0.344. The van der Waals surface area contributed by atoms with Crippen LogP contribution in [0.2, 0.25) is 0 Å². The van der Waals surface area contributed by atoms with Crippen LogP contribution in [0.5, 0.6) is 0 Å². The Kier molecular flexibility index (Phi) is 3.79. The Balaban J connectivity index is 2.22. The molecular formula is C21H25NO. The Morgan fingerprint density at radius 2 is 1.65 bits per heavy atom. The standard InChI is InChI=1S/C21H25NO/c1-14-19(15-9-7-6-8-10-15)18-13-16(21(2,3)4)11-12-17(18)20(23)22(14)5/h6-14,19H,1-5H3/t14-,19+/m0/s1. The van der Waals surface area contributed by atoms with Crippen molar-refractivity contribution in [3.05, 3.63) is 70.8 Å². The lowest BCUT2D eigenvalue weighted by Gasteiger charge is -2.39. The molecule has 3 rings (SSSR count). The second-order valence-corrected chi connectivity index (χ2v) is 7.60. The number of hydrogen-bond acceptors (Lipinski definition) is 1. The van der Waals surface area contributed by atoms with Crippen LogP contribution in [0.15, 0.2) is 48.5 Å². The number of carbonyl (C=O) groups is 1. The summed E-state index contributed by atoms with van der Waals surface area (Å²) in [6.45, 7) is 8.79. The molecule has 2 aromatic carbocycles. The van der Waals surface area contributed by atoms with Gasteiger partial charge >= 0.3 is 0 Å². The van der Waals surface area contributed by atoms with E-state index in [4.69, 9.17) is 0 Å². The van der Waals surface area contributed by atoms with E-state index in [1.807, 2.05) is 24.1 Å². The lowest BCUT2D eigenvalue weighted by Crippen LogP contribution is -2.44. The van der Waals surface area contributed by atoms with Crippen molar-refractivity contribution >= 4 is 5.91 Å². The minimum atomic E-state index is 0.0753. The fourth-order valence-electron chi connectivity index (χ4n) is 3.46. The lowest BCUT2D eigenvalue weighted by molar-refractivity contribution is 0.0704. The SMILES string of the molecule is C[C@H]1[C@H](c2ccccc2)c2cc(C(C)(C)C)ccc2C(=O)N1C. The highest BCUT2D eigenvalue weighted by Crippen LogP contribution is 2.39. The first-order valence-electron chi connectivity index (χ1n) is 8.27. The first kappa shape index (κ1) is 15.8. The van der Waals surface area contributed by atoms with Crippen LogP contribution in [0.3, 0.4) is 0 Å². The minimum absolute atomic E-state index is 0.0753. The van der Waals surface area contributed by atoms with Crippen molar-refractivity contribution in [1.82, 2.24) is 4.90 Å². The van der Waals surface area contributed by atoms with Gasteiger partial charge in [-0.15, -0.1) is 0 Å². The molecule has 1 heterocycles. The topological polar surface area (TPSA) is 20.3 Å². The molecule has 0 fully saturated rings. The van der Waals surface area contributed by atoms with Gasteiger partial charge in [-0.2, -0.15) is 0 Å². The van der Waals surface area contributed by atoms with Crippen molar-refractivity contribution in [2.75, 3.05) is 7.05 Å². The molecule has 0 aliphatic carbocycles. The summed E-state index contributed by atoms with van der Waals surface area (Å²) in [7, 11) is 1.91. The Morgan fingerprint density at radius 1 is 1.00 bits per heavy atom. The molecule has 2 nitrogen and oxygen atoms in total. The molecular weight excluding hydrogens is 282 g/mol. The number of likely N-dealkylation sites (N-methyl/N-ethyl adjacent to an activating group) is 1. The quantitative estimate of drug-likeness (QED) is 0.754. The number of amides is 1. The van der Waals surface area contributed by atoms with Crippen molar-refractivity contribution < 1.29 is 4.79 Å². The van der Waals surface area contributed by atoms with Crippen molar-refractivity contribution in [2.45, 2.75) is 45.1 Å². The van der Waals surface area contributed by atoms with E-state index in [2.05, 4.69) is 64.1 Å². The predicted molar refractivity (Wildman–Crippen MR) is 95.0 cm³/mol. The number of benzene rings is 2. The van der Waals surface area contributed by atoms with E-state index in [0.717, 1.165) is 5.56 Å². The van der Waals surface area contributed by atoms with E-state index in [1.54, 1.807) is 0 Å². The second-order valence-electron chi connectivity index (χ2n) is 7.60. The highest BCUT2D eigenvalue weighted by Gasteiger charge is 2.36. The molecule has 0 bridgehead atoms. The third-order valence-corrected chi connectivity index (χ3v) is 5.06. The van der Waals surface area contributed by atoms with E-state index in [9.17, 15) is 4.79 Å². The van der Waals surface area contributed by atoms with Crippen LogP contribution in [0.4, 0.5) is 0 Å². The first-order valence-corrected chi connectivity index (χ1v) is 8.27. The highest BCUT2D eigenvalue weighted by atomic mass is 16.2. The highest BCUT2D eigenvalue weighted by molar-refractivity contribution is 5.97. The summed E-state index contributed by atoms with van der Waals surface area (Å²) in [5, 5.41) is 0. The molecule has 0 spiro atoms. The van der Waals surface area contributed by atoms with Crippen LogP contribution in [0, 0.1) is 0 Å². The summed E-state index contributed by atoms with van der Waals surface area (Å²) in [5.41, 5.74) is 4.63. The maximum absolute atomic E-state index is 12.7. The fraction of sp³-hybridized carbons (Fsp3) is 0.381. The van der Waals surface area contributed by atoms with Gasteiger partial charge in [0.2, 0.25) is 0 Å². The molecule has 0 unspecified atom stereocenters. The van der Waals surface area contributed by atoms with Gasteiger partial charge < -0.3 is 4.90 Å². The zero-order valence-electron chi connectivity index (χ0n) is 14.6. The third kappa shape index (κ3) is 2.67. The third-order valence-electron chi connectivity index (χ3n) is 5.06. The van der Waals surface area contributed by atoms with Crippen LogP contribution < -0.4 is 0 Å². The predicted octanol–water partition coefficient (Wildman–Crippen LogP) is 4.59. The van der Waals surface area contributed by atoms with Gasteiger partial charge in [0.25, 0.3) is 5.91 Å². The largest absolute Gasteiger partial charge is 0.338 e. The van der Waals surface area contributed by atoms with E-state index in [-0.39, 0.29) is 23.3 Å². The van der Waals surface area contributed by atoms with Crippen LogP contribution in [0.25, 0.3) is 0 Å². The van der Waals surface area contributed by atoms with Crippen molar-refractivity contribution in [3.63, 3.8) is 0 Å². The summed E-state index contributed by atoms with van der Waals surface area (Å²) >= 11 is 0. The molecule has 1 aliphatic heterocycles. The monoisotopic (exact) mass is 307 g/mol. The van der Waals surface area contributed by atoms with Crippen LogP contribution in [-0.2, 0) is 5.41 Å². The molecule has 1 amide bonds. The van der Waals surface area contributed by atoms with Crippen molar-refractivity contribution in [1.29, 1.82) is 0 Å². The number of hydrogen-bond donors (Lipinski definition) is 0. The van der Waals surface area contributed by atoms with Crippen molar-refractivity contribution in [3.8, 4) is 0 Å². The normalized spacial score (nSPS) is 21.3. The number of fused-ring (bicyclic) bond motifs is 1. The average Bonchev–Trinajstić information content (AvgIpc) is 2.52. The smallest absolute Gasteiger partial charge is 0.254 e. The summed E-state index contributed by atoms with van der Waals surface area (Å²) in [6, 6.07) is 17.0. The second kappa shape index (κ2) is 5.52. The number of carbonyl (C=O) groups excluding carboxylic acids is 1. The van der Waals surface area contributed by atoms with Gasteiger partial charge in [0, 0.05) is 24.6 Å². The Morgan fingerprint density at radius 3 is 2.26 bits per heavy atom. The average molecular weight is 307 g/mol. The van der Waals surface area contributed by atoms with Gasteiger partial charge in [-0.1, -0.05) is 63.2 Å². The summed E-state index contributed by atoms with van der Waals surface area (Å²) < 4.78 is 0. The molecule has 0 aromatic heterocycles. The molecule has 2 aromatic rings. The fourth-order valence-corrected chi connectivity index (χ4v) is 3.46. The van der Waals surface area contributed by atoms with Crippen LogP contribution >= 0.6 is 0 Å². The Bertz CT molecular complexity index is 727. The number of rotatable bonds is 1. The van der Waals surface area contributed by atoms with Crippen LogP contribution in [-0.4, -0.2) is 23.9 Å². The van der Waals surface area contributed by atoms with E-state index >= 15 is 0 Å². The molecule has 1 aliphatic rings. The molecule has 2 atom stereocenters. The number of nitrogens with zero attached hydrogens (tertiary/aromatic N) is 1. The van der Waals surface area contributed by atoms with Crippen molar-refractivity contribution in [2.24, 2.45) is 0 Å². The molecule has 2 heteroatoms. The van der Waals surface area contributed by atoms with E-state index in [0.29, 0.717) is 0 Å². The zero-order valence-corrected chi connectivity index (χ0v) is 14.6. The first-order chi connectivity index (χ1) is 10.8. The van der Waals surface area contributed by atoms with Gasteiger partial charge in [-0.3, -0.25) is 4.79 Å². The van der Waals surface area contributed by atoms with Gasteiger partial charge in [0.15, 0.2) is 0 Å². The van der Waals surface area contributed by atoms with E-state index < -0.39 is 0 Å². The molecule has 0 saturated carbocycles. The maximum Gasteiger partial charge on any atom is 0.254 e. The molecule has 0 N–H and O–H groups in total. The Hall–Kier alpha value is -2.09. The molecule has 120 valence electrons. The minimum Gasteiger partial charge on any atom is -0.338 e. The van der Waals surface area contributed by atoms with E-state index in [1.165, 1.54) is 16.7 Å². The van der Waals surface area contributed by atoms with Crippen LogP contribution in [0.1, 0.15) is 60.7 Å². The lowest BCUT2D eigenvalue weighted by atomic mass is 9.76.